The maximum absolute atomic E-state index is 5.40. The van der Waals surface area contributed by atoms with Gasteiger partial charge in [-0.15, -0.1) is 0 Å². The van der Waals surface area contributed by atoms with Crippen LogP contribution >= 0.6 is 0 Å². The van der Waals surface area contributed by atoms with Gasteiger partial charge in [-0.3, -0.25) is 4.84 Å². The zero-order chi connectivity index (χ0) is 8.55. The second-order valence-electron chi connectivity index (χ2n) is 3.21. The van der Waals surface area contributed by atoms with Crippen LogP contribution in [0, 0.1) is 6.92 Å². The van der Waals surface area contributed by atoms with Crippen LogP contribution in [0.5, 0.6) is 0 Å². The van der Waals surface area contributed by atoms with E-state index in [0.717, 1.165) is 18.8 Å². The summed E-state index contributed by atoms with van der Waals surface area (Å²) in [5.41, 5.74) is 1.17. The summed E-state index contributed by atoms with van der Waals surface area (Å²) >= 11 is 0. The predicted octanol–water partition coefficient (Wildman–Crippen LogP) is 1.90. The minimum absolute atomic E-state index is 0.304. The Kier molecular flexibility index (Phi) is 1.90. The van der Waals surface area contributed by atoms with E-state index in [-0.39, 0.29) is 0 Å². The minimum atomic E-state index is 0.304. The van der Waals surface area contributed by atoms with Gasteiger partial charge in [-0.1, -0.05) is 0 Å². The fraction of sp³-hybridized carbons (Fsp3) is 0.556. The highest BCUT2D eigenvalue weighted by molar-refractivity contribution is 5.13. The smallest absolute Gasteiger partial charge is 0.123 e. The highest BCUT2D eigenvalue weighted by Crippen LogP contribution is 2.29. The highest BCUT2D eigenvalue weighted by Gasteiger charge is 2.26. The number of nitrogens with zero attached hydrogens (tertiary/aromatic N) is 1. The Bertz CT molecular complexity index is 269. The third-order valence-corrected chi connectivity index (χ3v) is 2.20. The summed E-state index contributed by atoms with van der Waals surface area (Å²) in [6, 6.07) is 2.37. The van der Waals surface area contributed by atoms with Crippen LogP contribution in [0.15, 0.2) is 16.7 Å². The lowest BCUT2D eigenvalue weighted by Crippen LogP contribution is -2.15. The molecular formula is C9H13NO2. The Balaban J connectivity index is 2.19. The van der Waals surface area contributed by atoms with Crippen molar-refractivity contribution in [2.75, 3.05) is 13.7 Å². The third-order valence-electron chi connectivity index (χ3n) is 2.20. The van der Waals surface area contributed by atoms with Gasteiger partial charge in [0.15, 0.2) is 0 Å². The van der Waals surface area contributed by atoms with E-state index in [9.17, 15) is 0 Å². The second kappa shape index (κ2) is 2.92. The van der Waals surface area contributed by atoms with Crippen LogP contribution in [-0.4, -0.2) is 18.7 Å². The van der Waals surface area contributed by atoms with E-state index in [2.05, 4.69) is 6.07 Å². The molecule has 1 aliphatic rings. The van der Waals surface area contributed by atoms with Gasteiger partial charge in [-0.05, 0) is 25.0 Å². The van der Waals surface area contributed by atoms with E-state index >= 15 is 0 Å². The van der Waals surface area contributed by atoms with Gasteiger partial charge >= 0.3 is 0 Å². The fourth-order valence-corrected chi connectivity index (χ4v) is 1.53. The Morgan fingerprint density at radius 2 is 2.42 bits per heavy atom. The third kappa shape index (κ3) is 1.26. The van der Waals surface area contributed by atoms with Crippen LogP contribution in [0.1, 0.15) is 23.8 Å². The molecule has 0 N–H and O–H groups in total. The quantitative estimate of drug-likeness (QED) is 0.638. The SMILES string of the molecule is Cc1coc([C@@H]2CCON2C)c1. The minimum Gasteiger partial charge on any atom is -0.467 e. The molecule has 1 aromatic heterocycles. The molecule has 1 aromatic rings. The lowest BCUT2D eigenvalue weighted by molar-refractivity contribution is -0.113. The molecule has 3 nitrogen and oxygen atoms in total. The molecule has 2 rings (SSSR count). The molecular weight excluding hydrogens is 154 g/mol. The Labute approximate surface area is 71.9 Å². The highest BCUT2D eigenvalue weighted by atomic mass is 16.7. The van der Waals surface area contributed by atoms with Gasteiger partial charge in [0.2, 0.25) is 0 Å². The lowest BCUT2D eigenvalue weighted by Gasteiger charge is -2.14. The van der Waals surface area contributed by atoms with Crippen molar-refractivity contribution in [3.63, 3.8) is 0 Å². The molecule has 1 aliphatic heterocycles. The van der Waals surface area contributed by atoms with Gasteiger partial charge in [0.25, 0.3) is 0 Å². The number of aryl methyl sites for hydroxylation is 1. The summed E-state index contributed by atoms with van der Waals surface area (Å²) in [4.78, 5) is 5.30. The number of hydroxylamine groups is 2. The fourth-order valence-electron chi connectivity index (χ4n) is 1.53. The zero-order valence-corrected chi connectivity index (χ0v) is 7.41. The van der Waals surface area contributed by atoms with E-state index in [1.807, 2.05) is 19.0 Å². The van der Waals surface area contributed by atoms with Crippen LogP contribution in [-0.2, 0) is 4.84 Å². The molecule has 0 aromatic carbocycles. The summed E-state index contributed by atoms with van der Waals surface area (Å²) in [7, 11) is 1.94. The largest absolute Gasteiger partial charge is 0.467 e. The van der Waals surface area contributed by atoms with Gasteiger partial charge in [-0.2, -0.15) is 5.06 Å². The van der Waals surface area contributed by atoms with Crippen LogP contribution in [0.3, 0.4) is 0 Å². The van der Waals surface area contributed by atoms with Crippen molar-refractivity contribution in [1.29, 1.82) is 0 Å². The van der Waals surface area contributed by atoms with Crippen LogP contribution in [0.2, 0.25) is 0 Å². The standard InChI is InChI=1S/C9H13NO2/c1-7-5-9(11-6-7)8-3-4-12-10(8)2/h5-6,8H,3-4H2,1-2H3/t8-/m0/s1. The molecule has 0 aliphatic carbocycles. The van der Waals surface area contributed by atoms with Crippen LogP contribution < -0.4 is 0 Å². The molecule has 1 fully saturated rings. The molecule has 0 radical (unpaired) electrons. The summed E-state index contributed by atoms with van der Waals surface area (Å²) in [5.74, 6) is 1.01. The van der Waals surface area contributed by atoms with Crippen molar-refractivity contribution in [2.45, 2.75) is 19.4 Å². The first-order chi connectivity index (χ1) is 5.77. The monoisotopic (exact) mass is 167 g/mol. The molecule has 66 valence electrons. The molecule has 0 spiro atoms. The van der Waals surface area contributed by atoms with Crippen LogP contribution in [0.4, 0.5) is 0 Å². The van der Waals surface area contributed by atoms with Crippen molar-refractivity contribution < 1.29 is 9.25 Å². The second-order valence-corrected chi connectivity index (χ2v) is 3.21. The summed E-state index contributed by atoms with van der Waals surface area (Å²) < 4.78 is 5.40. The maximum atomic E-state index is 5.40. The number of furan rings is 1. The normalized spacial score (nSPS) is 25.0. The maximum Gasteiger partial charge on any atom is 0.123 e. The van der Waals surface area contributed by atoms with Gasteiger partial charge < -0.3 is 4.42 Å². The van der Waals surface area contributed by atoms with Crippen molar-refractivity contribution in [3.8, 4) is 0 Å². The first-order valence-electron chi connectivity index (χ1n) is 4.18. The molecule has 3 heteroatoms. The van der Waals surface area contributed by atoms with E-state index in [0.29, 0.717) is 6.04 Å². The summed E-state index contributed by atoms with van der Waals surface area (Å²) in [6.07, 6.45) is 2.80. The Morgan fingerprint density at radius 3 is 2.92 bits per heavy atom. The van der Waals surface area contributed by atoms with Crippen molar-refractivity contribution >= 4 is 0 Å². The van der Waals surface area contributed by atoms with Gasteiger partial charge in [-0.25, -0.2) is 0 Å². The molecule has 0 saturated carbocycles. The first-order valence-corrected chi connectivity index (χ1v) is 4.18. The molecule has 1 saturated heterocycles. The zero-order valence-electron chi connectivity index (χ0n) is 7.41. The lowest BCUT2D eigenvalue weighted by atomic mass is 10.1. The van der Waals surface area contributed by atoms with E-state index < -0.39 is 0 Å². The number of rotatable bonds is 1. The van der Waals surface area contributed by atoms with Crippen LogP contribution in [0.25, 0.3) is 0 Å². The van der Waals surface area contributed by atoms with Crippen molar-refractivity contribution in [2.24, 2.45) is 0 Å². The van der Waals surface area contributed by atoms with Crippen molar-refractivity contribution in [1.82, 2.24) is 5.06 Å². The Hall–Kier alpha value is -0.800. The number of hydrogen-bond acceptors (Lipinski definition) is 3. The first kappa shape index (κ1) is 7.83. The molecule has 1 atom stereocenters. The van der Waals surface area contributed by atoms with E-state index in [1.165, 1.54) is 5.56 Å². The predicted molar refractivity (Wildman–Crippen MR) is 44.5 cm³/mol. The molecule has 0 amide bonds. The van der Waals surface area contributed by atoms with Gasteiger partial charge in [0, 0.05) is 7.05 Å². The van der Waals surface area contributed by atoms with Crippen molar-refractivity contribution in [3.05, 3.63) is 23.7 Å². The topological polar surface area (TPSA) is 25.6 Å². The average molecular weight is 167 g/mol. The summed E-state index contributed by atoms with van der Waals surface area (Å²) in [5, 5.41) is 1.86. The Morgan fingerprint density at radius 1 is 1.58 bits per heavy atom. The summed E-state index contributed by atoms with van der Waals surface area (Å²) in [6.45, 7) is 2.82. The molecule has 0 bridgehead atoms. The molecule has 0 unspecified atom stereocenters. The van der Waals surface area contributed by atoms with Gasteiger partial charge in [0.1, 0.15) is 5.76 Å². The molecule has 12 heavy (non-hydrogen) atoms. The van der Waals surface area contributed by atoms with E-state index in [4.69, 9.17) is 9.25 Å². The number of hydrogen-bond donors (Lipinski definition) is 0. The van der Waals surface area contributed by atoms with Gasteiger partial charge in [0.05, 0.1) is 18.9 Å². The average Bonchev–Trinajstić information content (AvgIpc) is 2.58. The van der Waals surface area contributed by atoms with E-state index in [1.54, 1.807) is 6.26 Å². The molecule has 2 heterocycles.